The Hall–Kier alpha value is -2.94. The molecule has 0 unspecified atom stereocenters. The summed E-state index contributed by atoms with van der Waals surface area (Å²) in [7, 11) is 0. The monoisotopic (exact) mass is 387 g/mol. The van der Waals surface area contributed by atoms with Crippen molar-refractivity contribution in [3.05, 3.63) is 72.1 Å². The van der Waals surface area contributed by atoms with Crippen molar-refractivity contribution in [2.45, 2.75) is 17.1 Å². The minimum atomic E-state index is -4.36. The highest BCUT2D eigenvalue weighted by Gasteiger charge is 2.30. The van der Waals surface area contributed by atoms with Gasteiger partial charge in [0, 0.05) is 23.7 Å². The molecule has 1 aromatic carbocycles. The highest BCUT2D eigenvalue weighted by Crippen LogP contribution is 2.31. The number of hydrogen-bond acceptors (Lipinski definition) is 5. The van der Waals surface area contributed by atoms with Crippen molar-refractivity contribution in [1.29, 1.82) is 0 Å². The number of benzene rings is 1. The molecule has 5 nitrogen and oxygen atoms in total. The van der Waals surface area contributed by atoms with Gasteiger partial charge in [-0.3, -0.25) is 4.98 Å². The molecule has 0 fully saturated rings. The topological polar surface area (TPSA) is 56.0 Å². The SMILES string of the molecule is FC(F)(F)c1cccc(CSc2nnc3ccc(-c4cccnc4)nn23)c1. The van der Waals surface area contributed by atoms with Gasteiger partial charge in [0.25, 0.3) is 0 Å². The van der Waals surface area contributed by atoms with Crippen molar-refractivity contribution in [3.8, 4) is 11.3 Å². The molecule has 0 atom stereocenters. The quantitative estimate of drug-likeness (QED) is 0.483. The lowest BCUT2D eigenvalue weighted by Gasteiger charge is -2.08. The molecule has 4 rings (SSSR count). The summed E-state index contributed by atoms with van der Waals surface area (Å²) >= 11 is 1.28. The van der Waals surface area contributed by atoms with Crippen molar-refractivity contribution >= 4 is 17.4 Å². The van der Waals surface area contributed by atoms with E-state index in [4.69, 9.17) is 0 Å². The summed E-state index contributed by atoms with van der Waals surface area (Å²) in [5.74, 6) is 0.323. The maximum atomic E-state index is 12.8. The number of halogens is 3. The van der Waals surface area contributed by atoms with Crippen LogP contribution in [0.5, 0.6) is 0 Å². The number of aromatic nitrogens is 5. The fourth-order valence-corrected chi connectivity index (χ4v) is 3.34. The molecule has 3 heterocycles. The van der Waals surface area contributed by atoms with Crippen molar-refractivity contribution in [3.63, 3.8) is 0 Å². The summed E-state index contributed by atoms with van der Waals surface area (Å²) in [6.45, 7) is 0. The van der Waals surface area contributed by atoms with Gasteiger partial charge in [-0.15, -0.1) is 10.2 Å². The van der Waals surface area contributed by atoms with E-state index in [1.807, 2.05) is 18.2 Å². The molecule has 0 aliphatic heterocycles. The first-order valence-electron chi connectivity index (χ1n) is 7.92. The fourth-order valence-electron chi connectivity index (χ4n) is 2.51. The maximum Gasteiger partial charge on any atom is 0.416 e. The van der Waals surface area contributed by atoms with Crippen molar-refractivity contribution in [1.82, 2.24) is 24.8 Å². The summed E-state index contributed by atoms with van der Waals surface area (Å²) in [4.78, 5) is 4.08. The number of rotatable bonds is 4. The zero-order chi connectivity index (χ0) is 18.9. The van der Waals surface area contributed by atoms with Crippen LogP contribution < -0.4 is 0 Å². The number of nitrogens with zero attached hydrogens (tertiary/aromatic N) is 5. The van der Waals surface area contributed by atoms with Crippen molar-refractivity contribution in [2.24, 2.45) is 0 Å². The molecule has 0 aliphatic carbocycles. The molecule has 9 heteroatoms. The minimum Gasteiger partial charge on any atom is -0.264 e. The van der Waals surface area contributed by atoms with Crippen LogP contribution in [0.3, 0.4) is 0 Å². The van der Waals surface area contributed by atoms with E-state index in [2.05, 4.69) is 20.3 Å². The zero-order valence-corrected chi connectivity index (χ0v) is 14.6. The number of pyridine rings is 1. The van der Waals surface area contributed by atoms with Gasteiger partial charge in [0.05, 0.1) is 11.3 Å². The summed E-state index contributed by atoms with van der Waals surface area (Å²) in [6, 6.07) is 12.6. The average molecular weight is 387 g/mol. The second-order valence-corrected chi connectivity index (χ2v) is 6.64. The number of thioether (sulfide) groups is 1. The summed E-state index contributed by atoms with van der Waals surface area (Å²) in [6.07, 6.45) is -0.979. The van der Waals surface area contributed by atoms with Crippen molar-refractivity contribution < 1.29 is 13.2 Å². The van der Waals surface area contributed by atoms with Gasteiger partial charge < -0.3 is 0 Å². The van der Waals surface area contributed by atoms with E-state index >= 15 is 0 Å². The highest BCUT2D eigenvalue weighted by molar-refractivity contribution is 7.98. The van der Waals surface area contributed by atoms with E-state index in [1.165, 1.54) is 17.8 Å². The summed E-state index contributed by atoms with van der Waals surface area (Å²) in [5.41, 5.74) is 2.01. The van der Waals surface area contributed by atoms with Gasteiger partial charge in [-0.1, -0.05) is 30.0 Å². The maximum absolute atomic E-state index is 12.8. The van der Waals surface area contributed by atoms with Crippen LogP contribution in [0.25, 0.3) is 16.9 Å². The van der Waals surface area contributed by atoms with Crippen LogP contribution in [-0.2, 0) is 11.9 Å². The first-order valence-corrected chi connectivity index (χ1v) is 8.91. The van der Waals surface area contributed by atoms with Crippen LogP contribution in [0, 0.1) is 0 Å². The largest absolute Gasteiger partial charge is 0.416 e. The number of alkyl halides is 3. The molecule has 0 saturated heterocycles. The predicted octanol–water partition coefficient (Wildman–Crippen LogP) is 4.50. The Balaban J connectivity index is 1.59. The minimum absolute atomic E-state index is 0.323. The van der Waals surface area contributed by atoms with Gasteiger partial charge >= 0.3 is 6.18 Å². The Morgan fingerprint density at radius 2 is 1.89 bits per heavy atom. The smallest absolute Gasteiger partial charge is 0.264 e. The lowest BCUT2D eigenvalue weighted by atomic mass is 10.1. The van der Waals surface area contributed by atoms with Crippen LogP contribution in [-0.4, -0.2) is 24.8 Å². The zero-order valence-electron chi connectivity index (χ0n) is 13.8. The van der Waals surface area contributed by atoms with Crippen molar-refractivity contribution in [2.75, 3.05) is 0 Å². The third kappa shape index (κ3) is 3.77. The Morgan fingerprint density at radius 3 is 2.67 bits per heavy atom. The molecule has 0 amide bonds. The third-order valence-electron chi connectivity index (χ3n) is 3.81. The van der Waals surface area contributed by atoms with E-state index < -0.39 is 11.7 Å². The van der Waals surface area contributed by atoms with Gasteiger partial charge in [-0.2, -0.15) is 22.8 Å². The molecule has 0 radical (unpaired) electrons. The van der Waals surface area contributed by atoms with Gasteiger partial charge in [0.1, 0.15) is 0 Å². The third-order valence-corrected chi connectivity index (χ3v) is 4.80. The Labute approximate surface area is 156 Å². The van der Waals surface area contributed by atoms with E-state index in [0.717, 1.165) is 17.7 Å². The average Bonchev–Trinajstić information content (AvgIpc) is 3.09. The molecule has 4 aromatic rings. The first-order chi connectivity index (χ1) is 13.0. The first kappa shape index (κ1) is 17.5. The van der Waals surface area contributed by atoms with Crippen LogP contribution in [0.2, 0.25) is 0 Å². The number of fused-ring (bicyclic) bond motifs is 1. The van der Waals surface area contributed by atoms with Gasteiger partial charge in [-0.25, -0.2) is 0 Å². The van der Waals surface area contributed by atoms with Gasteiger partial charge in [0.15, 0.2) is 5.65 Å². The fraction of sp³-hybridized carbons (Fsp3) is 0.111. The normalized spacial score (nSPS) is 11.8. The molecule has 0 saturated carbocycles. The lowest BCUT2D eigenvalue weighted by molar-refractivity contribution is -0.137. The molecule has 3 aromatic heterocycles. The Kier molecular flexibility index (Phi) is 4.53. The van der Waals surface area contributed by atoms with E-state index in [9.17, 15) is 13.2 Å². The Bertz CT molecular complexity index is 1080. The van der Waals surface area contributed by atoms with E-state index in [-0.39, 0.29) is 0 Å². The predicted molar refractivity (Wildman–Crippen MR) is 95.0 cm³/mol. The van der Waals surface area contributed by atoms with Crippen LogP contribution in [0.15, 0.2) is 66.1 Å². The molecule has 0 bridgehead atoms. The molecule has 0 N–H and O–H groups in total. The summed E-state index contributed by atoms with van der Waals surface area (Å²) in [5, 5.41) is 13.2. The molecule has 0 spiro atoms. The van der Waals surface area contributed by atoms with Gasteiger partial charge in [0.2, 0.25) is 5.16 Å². The summed E-state index contributed by atoms with van der Waals surface area (Å²) < 4.78 is 40.1. The van der Waals surface area contributed by atoms with E-state index in [1.54, 1.807) is 29.0 Å². The van der Waals surface area contributed by atoms with Crippen LogP contribution >= 0.6 is 11.8 Å². The second kappa shape index (κ2) is 6.99. The molecule has 136 valence electrons. The van der Waals surface area contributed by atoms with Crippen LogP contribution in [0.1, 0.15) is 11.1 Å². The standard InChI is InChI=1S/C18H12F3N5S/c19-18(20,21)14-5-1-3-12(9-14)11-27-17-24-23-16-7-6-15(25-26(16)17)13-4-2-8-22-10-13/h1-10H,11H2. The molecule has 27 heavy (non-hydrogen) atoms. The van der Waals surface area contributed by atoms with E-state index in [0.29, 0.717) is 27.8 Å². The highest BCUT2D eigenvalue weighted by atomic mass is 32.2. The molecule has 0 aliphatic rings. The number of hydrogen-bond donors (Lipinski definition) is 0. The van der Waals surface area contributed by atoms with Gasteiger partial charge in [-0.05, 0) is 35.9 Å². The van der Waals surface area contributed by atoms with Crippen LogP contribution in [0.4, 0.5) is 13.2 Å². The molecular weight excluding hydrogens is 375 g/mol. The Morgan fingerprint density at radius 1 is 1.00 bits per heavy atom. The lowest BCUT2D eigenvalue weighted by Crippen LogP contribution is -2.05. The molecular formula is C18H12F3N5S. The second-order valence-electron chi connectivity index (χ2n) is 5.70.